The van der Waals surface area contributed by atoms with Crippen molar-refractivity contribution in [2.75, 3.05) is 13.1 Å². The highest BCUT2D eigenvalue weighted by Gasteiger charge is 2.29. The third-order valence-corrected chi connectivity index (χ3v) is 5.69. The van der Waals surface area contributed by atoms with Crippen molar-refractivity contribution in [3.63, 3.8) is 0 Å². The Morgan fingerprint density at radius 2 is 1.89 bits per heavy atom. The zero-order valence-corrected chi connectivity index (χ0v) is 13.4. The Kier molecular flexibility index (Phi) is 5.45. The van der Waals surface area contributed by atoms with Crippen LogP contribution in [0.1, 0.15) is 45.4 Å². The summed E-state index contributed by atoms with van der Waals surface area (Å²) >= 11 is 2.51. The molecule has 1 saturated heterocycles. The van der Waals surface area contributed by atoms with E-state index in [1.807, 2.05) is 0 Å². The number of carbonyl (C=O) groups is 1. The lowest BCUT2D eigenvalue weighted by atomic mass is 9.85. The van der Waals surface area contributed by atoms with Crippen molar-refractivity contribution in [1.82, 2.24) is 4.90 Å². The molecular formula is C14H25IN2O. The second kappa shape index (κ2) is 6.66. The van der Waals surface area contributed by atoms with Crippen molar-refractivity contribution < 1.29 is 4.79 Å². The zero-order valence-electron chi connectivity index (χ0n) is 11.3. The largest absolute Gasteiger partial charge is 0.316 e. The van der Waals surface area contributed by atoms with Crippen LogP contribution in [0.4, 0.5) is 0 Å². The molecule has 3 nitrogen and oxygen atoms in total. The first kappa shape index (κ1) is 14.7. The van der Waals surface area contributed by atoms with Gasteiger partial charge in [0, 0.05) is 16.4 Å². The molecule has 18 heavy (non-hydrogen) atoms. The van der Waals surface area contributed by atoms with Crippen molar-refractivity contribution in [2.24, 2.45) is 17.6 Å². The van der Waals surface area contributed by atoms with E-state index < -0.39 is 0 Å². The number of nitrogens with zero attached hydrogens (tertiary/aromatic N) is 1. The molecule has 0 spiro atoms. The number of Topliss-reactive ketones (excluding diaryl/α,β-unsaturated/α-hetero) is 1. The highest BCUT2D eigenvalue weighted by atomic mass is 127. The summed E-state index contributed by atoms with van der Waals surface area (Å²) in [4.78, 5) is 14.5. The molecule has 104 valence electrons. The lowest BCUT2D eigenvalue weighted by molar-refractivity contribution is -0.126. The standard InChI is InChI=1S/C14H25IN2O/c1-10-2-7-14(16)17(8-10)9-13(18)11-3-5-12(15)6-4-11/h10-12,14H,2-9,16H2,1H3. The van der Waals surface area contributed by atoms with Crippen molar-refractivity contribution >= 4 is 28.4 Å². The molecular weight excluding hydrogens is 339 g/mol. The molecule has 0 aromatic heterocycles. The maximum absolute atomic E-state index is 12.3. The van der Waals surface area contributed by atoms with Gasteiger partial charge in [0.2, 0.25) is 0 Å². The Bertz CT molecular complexity index is 290. The number of piperidine rings is 1. The summed E-state index contributed by atoms with van der Waals surface area (Å²) in [6, 6.07) is 0. The number of rotatable bonds is 3. The van der Waals surface area contributed by atoms with Crippen LogP contribution in [0.25, 0.3) is 0 Å². The summed E-state index contributed by atoms with van der Waals surface area (Å²) in [5, 5.41) is 0. The number of hydrogen-bond acceptors (Lipinski definition) is 3. The molecule has 1 heterocycles. The molecule has 2 aliphatic rings. The van der Waals surface area contributed by atoms with Gasteiger partial charge in [-0.1, -0.05) is 29.5 Å². The van der Waals surface area contributed by atoms with Crippen molar-refractivity contribution in [1.29, 1.82) is 0 Å². The van der Waals surface area contributed by atoms with Crippen LogP contribution in [0, 0.1) is 11.8 Å². The van der Waals surface area contributed by atoms with Crippen LogP contribution in [0.15, 0.2) is 0 Å². The minimum atomic E-state index is 0.103. The van der Waals surface area contributed by atoms with Crippen LogP contribution in [0.5, 0.6) is 0 Å². The molecule has 0 aromatic rings. The molecule has 2 rings (SSSR count). The quantitative estimate of drug-likeness (QED) is 0.619. The van der Waals surface area contributed by atoms with Crippen LogP contribution in [0.3, 0.4) is 0 Å². The fraction of sp³-hybridized carbons (Fsp3) is 0.929. The monoisotopic (exact) mass is 364 g/mol. The molecule has 2 atom stereocenters. The smallest absolute Gasteiger partial charge is 0.149 e. The predicted octanol–water partition coefficient (Wildman–Crippen LogP) is 2.57. The van der Waals surface area contributed by atoms with E-state index in [0.717, 1.165) is 29.7 Å². The van der Waals surface area contributed by atoms with E-state index >= 15 is 0 Å². The Hall–Kier alpha value is 0.320. The molecule has 1 aliphatic heterocycles. The lowest BCUT2D eigenvalue weighted by Crippen LogP contribution is -2.50. The third kappa shape index (κ3) is 3.90. The van der Waals surface area contributed by atoms with Gasteiger partial charge in [-0.25, -0.2) is 0 Å². The third-order valence-electron chi connectivity index (χ3n) is 4.44. The van der Waals surface area contributed by atoms with Crippen LogP contribution >= 0.6 is 22.6 Å². The summed E-state index contributed by atoms with van der Waals surface area (Å²) < 4.78 is 0.781. The normalized spacial score (nSPS) is 38.6. The molecule has 2 fully saturated rings. The van der Waals surface area contributed by atoms with E-state index in [0.29, 0.717) is 24.2 Å². The van der Waals surface area contributed by atoms with Gasteiger partial charge in [-0.3, -0.25) is 9.69 Å². The fourth-order valence-corrected chi connectivity index (χ4v) is 3.87. The first-order valence-corrected chi connectivity index (χ1v) is 8.47. The average molecular weight is 364 g/mol. The van der Waals surface area contributed by atoms with Gasteiger partial charge in [0.05, 0.1) is 12.7 Å². The molecule has 2 N–H and O–H groups in total. The highest BCUT2D eigenvalue weighted by Crippen LogP contribution is 2.30. The summed E-state index contributed by atoms with van der Waals surface area (Å²) in [6.07, 6.45) is 6.93. The van der Waals surface area contributed by atoms with Gasteiger partial charge < -0.3 is 5.73 Å². The van der Waals surface area contributed by atoms with Crippen LogP contribution in [0.2, 0.25) is 0 Å². The van der Waals surface area contributed by atoms with Gasteiger partial charge in [-0.2, -0.15) is 0 Å². The van der Waals surface area contributed by atoms with Gasteiger partial charge in [0.25, 0.3) is 0 Å². The Balaban J connectivity index is 1.82. The molecule has 2 unspecified atom stereocenters. The van der Waals surface area contributed by atoms with E-state index in [9.17, 15) is 4.79 Å². The summed E-state index contributed by atoms with van der Waals surface area (Å²) in [5.74, 6) is 1.42. The number of hydrogen-bond donors (Lipinski definition) is 1. The Morgan fingerprint density at radius 1 is 1.22 bits per heavy atom. The molecule has 1 aliphatic carbocycles. The minimum absolute atomic E-state index is 0.103. The van der Waals surface area contributed by atoms with Crippen LogP contribution < -0.4 is 5.73 Å². The molecule has 4 heteroatoms. The molecule has 0 aromatic carbocycles. The Labute approximate surface area is 124 Å². The van der Waals surface area contributed by atoms with Crippen LogP contribution in [-0.4, -0.2) is 33.9 Å². The first-order valence-electron chi connectivity index (χ1n) is 7.22. The fourth-order valence-electron chi connectivity index (χ4n) is 3.15. The summed E-state index contributed by atoms with van der Waals surface area (Å²) in [5.41, 5.74) is 6.11. The number of halogens is 1. The predicted molar refractivity (Wildman–Crippen MR) is 82.7 cm³/mol. The molecule has 0 radical (unpaired) electrons. The van der Waals surface area contributed by atoms with Crippen LogP contribution in [-0.2, 0) is 4.79 Å². The number of nitrogens with two attached hydrogens (primary N) is 1. The van der Waals surface area contributed by atoms with Gasteiger partial charge in [0.1, 0.15) is 5.78 Å². The maximum atomic E-state index is 12.3. The second-order valence-electron chi connectivity index (χ2n) is 6.09. The summed E-state index contributed by atoms with van der Waals surface area (Å²) in [7, 11) is 0. The van der Waals surface area contributed by atoms with E-state index in [2.05, 4.69) is 34.4 Å². The van der Waals surface area contributed by atoms with E-state index in [-0.39, 0.29) is 6.17 Å². The van der Waals surface area contributed by atoms with Crippen molar-refractivity contribution in [2.45, 2.75) is 55.5 Å². The molecule has 0 amide bonds. The molecule has 0 bridgehead atoms. The van der Waals surface area contributed by atoms with E-state index in [1.165, 1.54) is 19.3 Å². The summed E-state index contributed by atoms with van der Waals surface area (Å²) in [6.45, 7) is 3.83. The number of ketones is 1. The van der Waals surface area contributed by atoms with Gasteiger partial charge in [-0.05, 0) is 44.4 Å². The topological polar surface area (TPSA) is 46.3 Å². The molecule has 1 saturated carbocycles. The number of alkyl halides is 1. The number of likely N-dealkylation sites (tertiary alicyclic amines) is 1. The highest BCUT2D eigenvalue weighted by molar-refractivity contribution is 14.1. The zero-order chi connectivity index (χ0) is 13.1. The second-order valence-corrected chi connectivity index (χ2v) is 7.86. The average Bonchev–Trinajstić information content (AvgIpc) is 2.34. The number of carbonyl (C=O) groups excluding carboxylic acids is 1. The Morgan fingerprint density at radius 3 is 2.56 bits per heavy atom. The van der Waals surface area contributed by atoms with Crippen molar-refractivity contribution in [3.05, 3.63) is 0 Å². The van der Waals surface area contributed by atoms with Gasteiger partial charge in [0.15, 0.2) is 0 Å². The maximum Gasteiger partial charge on any atom is 0.149 e. The SMILES string of the molecule is CC1CCC(N)N(CC(=O)C2CCC(I)CC2)C1. The lowest BCUT2D eigenvalue weighted by Gasteiger charge is -2.37. The van der Waals surface area contributed by atoms with Crippen molar-refractivity contribution in [3.8, 4) is 0 Å². The minimum Gasteiger partial charge on any atom is -0.316 e. The van der Waals surface area contributed by atoms with Gasteiger partial charge in [-0.15, -0.1) is 0 Å². The van der Waals surface area contributed by atoms with E-state index in [4.69, 9.17) is 5.73 Å². The first-order chi connectivity index (χ1) is 8.56. The van der Waals surface area contributed by atoms with Gasteiger partial charge >= 0.3 is 0 Å². The van der Waals surface area contributed by atoms with E-state index in [1.54, 1.807) is 0 Å².